The number of aryl methyl sites for hydroxylation is 1. The summed E-state index contributed by atoms with van der Waals surface area (Å²) in [4.78, 5) is 26.0. The molecule has 1 aromatic carbocycles. The number of ether oxygens (including phenoxy) is 1. The number of anilines is 2. The quantitative estimate of drug-likeness (QED) is 0.854. The van der Waals surface area contributed by atoms with Gasteiger partial charge in [0.25, 0.3) is 5.91 Å². The summed E-state index contributed by atoms with van der Waals surface area (Å²) >= 11 is 0. The zero-order valence-corrected chi connectivity index (χ0v) is 13.6. The van der Waals surface area contributed by atoms with Gasteiger partial charge in [-0.3, -0.25) is 4.79 Å². The van der Waals surface area contributed by atoms with Crippen molar-refractivity contribution in [3.05, 3.63) is 47.9 Å². The average Bonchev–Trinajstić information content (AvgIpc) is 3.25. The van der Waals surface area contributed by atoms with Crippen molar-refractivity contribution in [2.75, 3.05) is 29.9 Å². The maximum atomic E-state index is 11.9. The lowest BCUT2D eigenvalue weighted by molar-refractivity contribution is -0.119. The predicted octanol–water partition coefficient (Wildman–Crippen LogP) is 2.98. The van der Waals surface area contributed by atoms with Gasteiger partial charge in [-0.05, 0) is 50.1 Å². The van der Waals surface area contributed by atoms with Crippen LogP contribution in [0.4, 0.5) is 11.4 Å². The van der Waals surface area contributed by atoms with Crippen LogP contribution in [0, 0.1) is 6.92 Å². The fraction of sp³-hybridized carbons (Fsp3) is 0.333. The maximum absolute atomic E-state index is 11.9. The summed E-state index contributed by atoms with van der Waals surface area (Å²) < 4.78 is 10.0. The number of esters is 1. The highest BCUT2D eigenvalue weighted by molar-refractivity contribution is 5.95. The van der Waals surface area contributed by atoms with Crippen LogP contribution in [0.3, 0.4) is 0 Å². The number of carbonyl (C=O) groups is 2. The minimum Gasteiger partial charge on any atom is -0.469 e. The van der Waals surface area contributed by atoms with Gasteiger partial charge in [-0.25, -0.2) is 4.79 Å². The first-order chi connectivity index (χ1) is 11.6. The van der Waals surface area contributed by atoms with Crippen molar-refractivity contribution in [1.29, 1.82) is 0 Å². The van der Waals surface area contributed by atoms with Crippen molar-refractivity contribution in [1.82, 2.24) is 0 Å². The maximum Gasteiger partial charge on any atom is 0.342 e. The number of hydrogen-bond donors (Lipinski definition) is 1. The molecule has 1 aliphatic heterocycles. The molecule has 2 aromatic rings. The Morgan fingerprint density at radius 3 is 2.50 bits per heavy atom. The number of carbonyl (C=O) groups excluding carboxylic acids is 2. The normalized spacial score (nSPS) is 13.8. The predicted molar refractivity (Wildman–Crippen MR) is 90.2 cm³/mol. The molecular formula is C18H20N2O4. The van der Waals surface area contributed by atoms with Gasteiger partial charge in [0, 0.05) is 24.5 Å². The van der Waals surface area contributed by atoms with Gasteiger partial charge < -0.3 is 19.4 Å². The summed E-state index contributed by atoms with van der Waals surface area (Å²) in [7, 11) is 0. The Morgan fingerprint density at radius 1 is 1.17 bits per heavy atom. The second kappa shape index (κ2) is 7.21. The van der Waals surface area contributed by atoms with Crippen molar-refractivity contribution in [3.63, 3.8) is 0 Å². The molecule has 24 heavy (non-hydrogen) atoms. The monoisotopic (exact) mass is 328 g/mol. The van der Waals surface area contributed by atoms with Crippen LogP contribution < -0.4 is 10.2 Å². The van der Waals surface area contributed by atoms with Crippen LogP contribution in [0.15, 0.2) is 41.0 Å². The molecule has 3 rings (SSSR count). The van der Waals surface area contributed by atoms with Gasteiger partial charge in [-0.15, -0.1) is 0 Å². The third kappa shape index (κ3) is 3.76. The van der Waals surface area contributed by atoms with Gasteiger partial charge >= 0.3 is 5.97 Å². The smallest absolute Gasteiger partial charge is 0.342 e. The number of amides is 1. The zero-order valence-electron chi connectivity index (χ0n) is 13.6. The third-order valence-electron chi connectivity index (χ3n) is 4.04. The number of furan rings is 1. The van der Waals surface area contributed by atoms with E-state index in [-0.39, 0.29) is 12.5 Å². The van der Waals surface area contributed by atoms with E-state index in [1.807, 2.05) is 24.3 Å². The fourth-order valence-corrected chi connectivity index (χ4v) is 2.73. The molecule has 0 radical (unpaired) electrons. The van der Waals surface area contributed by atoms with Crippen LogP contribution in [0.2, 0.25) is 0 Å². The molecule has 6 heteroatoms. The van der Waals surface area contributed by atoms with Crippen molar-refractivity contribution < 1.29 is 18.7 Å². The van der Waals surface area contributed by atoms with E-state index in [0.717, 1.165) is 18.8 Å². The van der Waals surface area contributed by atoms with E-state index in [0.29, 0.717) is 17.0 Å². The molecule has 0 atom stereocenters. The lowest BCUT2D eigenvalue weighted by Crippen LogP contribution is -2.21. The van der Waals surface area contributed by atoms with Crippen molar-refractivity contribution in [2.45, 2.75) is 19.8 Å². The summed E-state index contributed by atoms with van der Waals surface area (Å²) in [6.07, 6.45) is 3.86. The van der Waals surface area contributed by atoms with Gasteiger partial charge in [-0.2, -0.15) is 0 Å². The van der Waals surface area contributed by atoms with E-state index in [9.17, 15) is 9.59 Å². The molecule has 0 aliphatic carbocycles. The fourth-order valence-electron chi connectivity index (χ4n) is 2.73. The number of hydrogen-bond acceptors (Lipinski definition) is 5. The van der Waals surface area contributed by atoms with E-state index >= 15 is 0 Å². The van der Waals surface area contributed by atoms with Gasteiger partial charge in [0.1, 0.15) is 11.3 Å². The largest absolute Gasteiger partial charge is 0.469 e. The Hall–Kier alpha value is -2.76. The molecule has 1 aliphatic rings. The minimum absolute atomic E-state index is 0.331. The van der Waals surface area contributed by atoms with Crippen molar-refractivity contribution >= 4 is 23.3 Å². The summed E-state index contributed by atoms with van der Waals surface area (Å²) in [5.41, 5.74) is 2.17. The lowest BCUT2D eigenvalue weighted by Gasteiger charge is -2.17. The molecule has 1 aromatic heterocycles. The number of benzene rings is 1. The summed E-state index contributed by atoms with van der Waals surface area (Å²) in [6, 6.07) is 9.21. The molecule has 1 saturated heterocycles. The van der Waals surface area contributed by atoms with Gasteiger partial charge in [-0.1, -0.05) is 0 Å². The summed E-state index contributed by atoms with van der Waals surface area (Å²) in [6.45, 7) is 3.49. The molecule has 0 bridgehead atoms. The topological polar surface area (TPSA) is 71.8 Å². The van der Waals surface area contributed by atoms with Crippen LogP contribution in [0.25, 0.3) is 0 Å². The number of nitrogens with one attached hydrogen (secondary N) is 1. The first-order valence-corrected chi connectivity index (χ1v) is 7.99. The Balaban J connectivity index is 1.49. The molecule has 1 fully saturated rings. The lowest BCUT2D eigenvalue weighted by atomic mass is 10.2. The highest BCUT2D eigenvalue weighted by Gasteiger charge is 2.15. The minimum atomic E-state index is -0.569. The molecule has 2 heterocycles. The SMILES string of the molecule is Cc1occc1C(=O)OCC(=O)Nc1ccc(N2CCCC2)cc1. The van der Waals surface area contributed by atoms with Crippen LogP contribution >= 0.6 is 0 Å². The standard InChI is InChI=1S/C18H20N2O4/c1-13-16(8-11-23-13)18(22)24-12-17(21)19-14-4-6-15(7-5-14)20-9-2-3-10-20/h4-8,11H,2-3,9-10,12H2,1H3,(H,19,21). The van der Waals surface area contributed by atoms with Crippen LogP contribution in [0.1, 0.15) is 29.0 Å². The highest BCUT2D eigenvalue weighted by Crippen LogP contribution is 2.22. The Morgan fingerprint density at radius 2 is 1.88 bits per heavy atom. The van der Waals surface area contributed by atoms with Crippen molar-refractivity contribution in [2.24, 2.45) is 0 Å². The molecule has 0 unspecified atom stereocenters. The summed E-state index contributed by atoms with van der Waals surface area (Å²) in [5, 5.41) is 2.72. The second-order valence-corrected chi connectivity index (χ2v) is 5.76. The van der Waals surface area contributed by atoms with E-state index in [1.54, 1.807) is 6.92 Å². The van der Waals surface area contributed by atoms with Crippen molar-refractivity contribution in [3.8, 4) is 0 Å². The third-order valence-corrected chi connectivity index (χ3v) is 4.04. The van der Waals surface area contributed by atoms with E-state index < -0.39 is 5.97 Å². The van der Waals surface area contributed by atoms with E-state index in [2.05, 4.69) is 10.2 Å². The van der Waals surface area contributed by atoms with Gasteiger partial charge in [0.2, 0.25) is 0 Å². The van der Waals surface area contributed by atoms with Crippen LogP contribution in [-0.4, -0.2) is 31.6 Å². The molecule has 1 amide bonds. The molecule has 1 N–H and O–H groups in total. The highest BCUT2D eigenvalue weighted by atomic mass is 16.5. The van der Waals surface area contributed by atoms with E-state index in [4.69, 9.17) is 9.15 Å². The first-order valence-electron chi connectivity index (χ1n) is 7.99. The molecule has 126 valence electrons. The summed E-state index contributed by atoms with van der Waals surface area (Å²) in [5.74, 6) is -0.475. The molecule has 0 spiro atoms. The average molecular weight is 328 g/mol. The molecule has 6 nitrogen and oxygen atoms in total. The van der Waals surface area contributed by atoms with Gasteiger partial charge in [0.15, 0.2) is 6.61 Å². The zero-order chi connectivity index (χ0) is 16.9. The number of rotatable bonds is 5. The van der Waals surface area contributed by atoms with E-state index in [1.165, 1.54) is 25.2 Å². The molecular weight excluding hydrogens is 308 g/mol. The Bertz CT molecular complexity index is 715. The number of nitrogens with zero attached hydrogens (tertiary/aromatic N) is 1. The second-order valence-electron chi connectivity index (χ2n) is 5.76. The van der Waals surface area contributed by atoms with Gasteiger partial charge in [0.05, 0.1) is 6.26 Å². The van der Waals surface area contributed by atoms with Crippen LogP contribution in [0.5, 0.6) is 0 Å². The Kier molecular flexibility index (Phi) is 4.84. The Labute approximate surface area is 140 Å². The molecule has 0 saturated carbocycles. The first kappa shape index (κ1) is 16.1. The van der Waals surface area contributed by atoms with Crippen LogP contribution in [-0.2, 0) is 9.53 Å².